The summed E-state index contributed by atoms with van der Waals surface area (Å²) in [7, 11) is 0. The quantitative estimate of drug-likeness (QED) is 0.668. The number of aliphatic hydroxyl groups excluding tert-OH is 1. The maximum absolute atomic E-state index is 12.7. The number of nitrogens with one attached hydrogen (secondary N) is 2. The van der Waals surface area contributed by atoms with E-state index in [2.05, 4.69) is 10.6 Å². The van der Waals surface area contributed by atoms with E-state index in [9.17, 15) is 19.1 Å². The molecule has 114 valence electrons. The van der Waals surface area contributed by atoms with Crippen LogP contribution in [0.2, 0.25) is 0 Å². The van der Waals surface area contributed by atoms with Crippen LogP contribution in [0.4, 0.5) is 10.1 Å². The van der Waals surface area contributed by atoms with Crippen molar-refractivity contribution < 1.29 is 19.1 Å². The molecule has 3 N–H and O–H groups in total. The summed E-state index contributed by atoms with van der Waals surface area (Å²) < 4.78 is 12.7. The van der Waals surface area contributed by atoms with Crippen LogP contribution in [0.15, 0.2) is 36.4 Å². The van der Waals surface area contributed by atoms with Crippen molar-refractivity contribution in [3.8, 4) is 0 Å². The zero-order valence-electron chi connectivity index (χ0n) is 11.8. The second kappa shape index (κ2) is 8.86. The Kier molecular flexibility index (Phi) is 7.11. The second-order valence-electron chi connectivity index (χ2n) is 4.47. The molecule has 0 aliphatic heterocycles. The number of hydrogen-bond donors (Lipinski definition) is 3. The molecule has 21 heavy (non-hydrogen) atoms. The number of rotatable bonds is 7. The van der Waals surface area contributed by atoms with Gasteiger partial charge >= 0.3 is 0 Å². The molecule has 0 bridgehead atoms. The van der Waals surface area contributed by atoms with Gasteiger partial charge in [0, 0.05) is 24.4 Å². The van der Waals surface area contributed by atoms with Crippen LogP contribution in [-0.4, -0.2) is 29.6 Å². The zero-order chi connectivity index (χ0) is 15.7. The van der Waals surface area contributed by atoms with E-state index in [1.54, 1.807) is 0 Å². The highest BCUT2D eigenvalue weighted by molar-refractivity contribution is 6.03. The van der Waals surface area contributed by atoms with Gasteiger partial charge in [-0.2, -0.15) is 0 Å². The summed E-state index contributed by atoms with van der Waals surface area (Å²) in [5, 5.41) is 14.4. The van der Waals surface area contributed by atoms with Gasteiger partial charge in [-0.1, -0.05) is 6.92 Å². The molecule has 1 atom stereocenters. The molecule has 0 aromatic heterocycles. The molecule has 1 aromatic carbocycles. The molecule has 0 saturated carbocycles. The zero-order valence-corrected chi connectivity index (χ0v) is 11.8. The Balaban J connectivity index is 2.32. The smallest absolute Gasteiger partial charge is 0.248 e. The Hall–Kier alpha value is -2.21. The van der Waals surface area contributed by atoms with Crippen molar-refractivity contribution in [1.29, 1.82) is 0 Å². The predicted molar refractivity (Wildman–Crippen MR) is 78.1 cm³/mol. The highest BCUT2D eigenvalue weighted by atomic mass is 19.1. The van der Waals surface area contributed by atoms with Crippen LogP contribution in [0.1, 0.15) is 19.8 Å². The minimum Gasteiger partial charge on any atom is -0.393 e. The summed E-state index contributed by atoms with van der Waals surface area (Å²) >= 11 is 0. The standard InChI is InChI=1S/C15H19FN2O3/c1-2-13(19)9-10-17-14(20)7-8-15(21)18-12-5-3-11(16)4-6-12/h3-8,13,19H,2,9-10H2,1H3,(H,17,20)(H,18,21)/b8-7+. The maximum atomic E-state index is 12.7. The highest BCUT2D eigenvalue weighted by Crippen LogP contribution is 2.07. The number of amides is 2. The van der Waals surface area contributed by atoms with Crippen molar-refractivity contribution >= 4 is 17.5 Å². The predicted octanol–water partition coefficient (Wildman–Crippen LogP) is 1.60. The topological polar surface area (TPSA) is 78.4 Å². The molecule has 0 aliphatic carbocycles. The van der Waals surface area contributed by atoms with Crippen molar-refractivity contribution in [2.75, 3.05) is 11.9 Å². The molecule has 1 aromatic rings. The fourth-order valence-corrected chi connectivity index (χ4v) is 1.49. The first kappa shape index (κ1) is 16.8. The van der Waals surface area contributed by atoms with E-state index in [1.807, 2.05) is 6.92 Å². The first-order chi connectivity index (χ1) is 10.0. The molecule has 0 radical (unpaired) electrons. The van der Waals surface area contributed by atoms with Crippen LogP contribution in [0.3, 0.4) is 0 Å². The van der Waals surface area contributed by atoms with E-state index in [1.165, 1.54) is 24.3 Å². The highest BCUT2D eigenvalue weighted by Gasteiger charge is 2.02. The van der Waals surface area contributed by atoms with E-state index < -0.39 is 23.7 Å². The summed E-state index contributed by atoms with van der Waals surface area (Å²) in [6.07, 6.45) is 2.87. The second-order valence-corrected chi connectivity index (χ2v) is 4.47. The van der Waals surface area contributed by atoms with Crippen LogP contribution in [0, 0.1) is 5.82 Å². The van der Waals surface area contributed by atoms with E-state index in [-0.39, 0.29) is 0 Å². The number of aliphatic hydroxyl groups is 1. The van der Waals surface area contributed by atoms with Crippen molar-refractivity contribution in [3.05, 3.63) is 42.2 Å². The van der Waals surface area contributed by atoms with Gasteiger partial charge in [0.05, 0.1) is 6.10 Å². The Bertz CT molecular complexity index is 500. The van der Waals surface area contributed by atoms with Crippen LogP contribution >= 0.6 is 0 Å². The summed E-state index contributed by atoms with van der Waals surface area (Å²) in [6, 6.07) is 5.30. The van der Waals surface area contributed by atoms with Crippen molar-refractivity contribution in [2.24, 2.45) is 0 Å². The van der Waals surface area contributed by atoms with Crippen molar-refractivity contribution in [1.82, 2.24) is 5.32 Å². The molecular weight excluding hydrogens is 275 g/mol. The van der Waals surface area contributed by atoms with E-state index >= 15 is 0 Å². The lowest BCUT2D eigenvalue weighted by Gasteiger charge is -2.07. The Labute approximate surface area is 122 Å². The van der Waals surface area contributed by atoms with Gasteiger partial charge in [-0.3, -0.25) is 9.59 Å². The van der Waals surface area contributed by atoms with Gasteiger partial charge in [0.2, 0.25) is 11.8 Å². The Morgan fingerprint density at radius 3 is 2.48 bits per heavy atom. The van der Waals surface area contributed by atoms with E-state index in [4.69, 9.17) is 0 Å². The molecule has 6 heteroatoms. The molecule has 5 nitrogen and oxygen atoms in total. The van der Waals surface area contributed by atoms with E-state index in [0.29, 0.717) is 25.1 Å². The van der Waals surface area contributed by atoms with Crippen molar-refractivity contribution in [3.63, 3.8) is 0 Å². The normalized spacial score (nSPS) is 12.1. The molecule has 0 spiro atoms. The van der Waals surface area contributed by atoms with Crippen LogP contribution in [-0.2, 0) is 9.59 Å². The molecule has 1 unspecified atom stereocenters. The number of carbonyl (C=O) groups excluding carboxylic acids is 2. The molecule has 0 aliphatic rings. The average Bonchev–Trinajstić information content (AvgIpc) is 2.47. The number of carbonyl (C=O) groups is 2. The van der Waals surface area contributed by atoms with Gasteiger partial charge in [0.25, 0.3) is 0 Å². The molecular formula is C15H19FN2O3. The maximum Gasteiger partial charge on any atom is 0.248 e. The van der Waals surface area contributed by atoms with Gasteiger partial charge < -0.3 is 15.7 Å². The van der Waals surface area contributed by atoms with Crippen LogP contribution in [0.25, 0.3) is 0 Å². The van der Waals surface area contributed by atoms with Gasteiger partial charge in [0.15, 0.2) is 0 Å². The fourth-order valence-electron chi connectivity index (χ4n) is 1.49. The average molecular weight is 294 g/mol. The first-order valence-corrected chi connectivity index (χ1v) is 6.71. The van der Waals surface area contributed by atoms with Crippen LogP contribution < -0.4 is 10.6 Å². The third-order valence-electron chi connectivity index (χ3n) is 2.75. The lowest BCUT2D eigenvalue weighted by Crippen LogP contribution is -2.25. The molecule has 0 heterocycles. The summed E-state index contributed by atoms with van der Waals surface area (Å²) in [4.78, 5) is 22.9. The third-order valence-corrected chi connectivity index (χ3v) is 2.75. The number of hydrogen-bond acceptors (Lipinski definition) is 3. The van der Waals surface area contributed by atoms with Crippen LogP contribution in [0.5, 0.6) is 0 Å². The monoisotopic (exact) mass is 294 g/mol. The number of halogens is 1. The number of benzene rings is 1. The fraction of sp³-hybridized carbons (Fsp3) is 0.333. The minimum absolute atomic E-state index is 0.345. The molecule has 1 rings (SSSR count). The van der Waals surface area contributed by atoms with Gasteiger partial charge in [-0.15, -0.1) is 0 Å². The summed E-state index contributed by atoms with van der Waals surface area (Å²) in [5.41, 5.74) is 0.442. The molecule has 0 fully saturated rings. The molecule has 2 amide bonds. The largest absolute Gasteiger partial charge is 0.393 e. The minimum atomic E-state index is -0.481. The number of anilines is 1. The lowest BCUT2D eigenvalue weighted by molar-refractivity contribution is -0.117. The molecule has 0 saturated heterocycles. The van der Waals surface area contributed by atoms with E-state index in [0.717, 1.165) is 12.2 Å². The van der Waals surface area contributed by atoms with Gasteiger partial charge in [0.1, 0.15) is 5.82 Å². The Morgan fingerprint density at radius 1 is 1.24 bits per heavy atom. The van der Waals surface area contributed by atoms with Crippen molar-refractivity contribution in [2.45, 2.75) is 25.9 Å². The summed E-state index contributed by atoms with van der Waals surface area (Å²) in [5.74, 6) is -1.28. The van der Waals surface area contributed by atoms with Gasteiger partial charge in [-0.25, -0.2) is 4.39 Å². The lowest BCUT2D eigenvalue weighted by atomic mass is 10.2. The SMILES string of the molecule is CCC(O)CCNC(=O)/C=C/C(=O)Nc1ccc(F)cc1. The third kappa shape index (κ3) is 7.22. The van der Waals surface area contributed by atoms with Gasteiger partial charge in [-0.05, 0) is 37.1 Å². The Morgan fingerprint density at radius 2 is 1.86 bits per heavy atom. The summed E-state index contributed by atoms with van der Waals surface area (Å²) in [6.45, 7) is 2.20. The first-order valence-electron chi connectivity index (χ1n) is 6.71.